The summed E-state index contributed by atoms with van der Waals surface area (Å²) >= 11 is 0. The quantitative estimate of drug-likeness (QED) is 0.249. The molecule has 9 heteroatoms. The molecule has 1 aliphatic heterocycles. The van der Waals surface area contributed by atoms with Gasteiger partial charge in [0.05, 0.1) is 37.4 Å². The Labute approximate surface area is 261 Å². The third-order valence-corrected chi connectivity index (χ3v) is 9.50. The maximum Gasteiger partial charge on any atom is 0.274 e. The average molecular weight is 604 g/mol. The molecule has 2 aromatic carbocycles. The van der Waals surface area contributed by atoms with Gasteiger partial charge in [-0.1, -0.05) is 31.2 Å². The van der Waals surface area contributed by atoms with Crippen molar-refractivity contribution in [3.63, 3.8) is 0 Å². The highest BCUT2D eigenvalue weighted by Gasteiger charge is 2.42. The first kappa shape index (κ1) is 29.0. The standard InChI is InChI=1S/C36H37N5O4/c1-3-36(12-13-36)26-7-9-29-24(19-26)11-14-41(34(29)43)32-6-4-5-28(30(32)23-42)25-20-31(35(44)39(2)22-25)38-33-10-8-27(21-37-33)40-15-17-45-18-16-40/h4-11,14,19-22,42H,3,12-13,15-18,23H2,1-2H3,(H,37,38). The van der Waals surface area contributed by atoms with Gasteiger partial charge in [-0.05, 0) is 77.6 Å². The Balaban J connectivity index is 1.23. The smallest absolute Gasteiger partial charge is 0.274 e. The first-order chi connectivity index (χ1) is 21.9. The zero-order chi connectivity index (χ0) is 31.1. The number of morpholine rings is 1. The second-order valence-corrected chi connectivity index (χ2v) is 12.1. The third kappa shape index (κ3) is 5.32. The number of aromatic nitrogens is 3. The molecule has 0 bridgehead atoms. The summed E-state index contributed by atoms with van der Waals surface area (Å²) in [5.74, 6) is 0.551. The topological polar surface area (TPSA) is 102 Å². The second kappa shape index (κ2) is 11.6. The highest BCUT2D eigenvalue weighted by molar-refractivity contribution is 5.83. The molecule has 9 nitrogen and oxygen atoms in total. The highest BCUT2D eigenvalue weighted by Crippen LogP contribution is 2.51. The van der Waals surface area contributed by atoms with Gasteiger partial charge in [0.1, 0.15) is 11.5 Å². The summed E-state index contributed by atoms with van der Waals surface area (Å²) in [5.41, 5.74) is 5.22. The van der Waals surface area contributed by atoms with Crippen molar-refractivity contribution in [2.24, 2.45) is 7.05 Å². The van der Waals surface area contributed by atoms with Crippen molar-refractivity contribution in [3.8, 4) is 16.8 Å². The molecule has 45 heavy (non-hydrogen) atoms. The molecular formula is C36H37N5O4. The van der Waals surface area contributed by atoms with Crippen molar-refractivity contribution < 1.29 is 9.84 Å². The molecule has 0 unspecified atom stereocenters. The van der Waals surface area contributed by atoms with E-state index in [0.717, 1.165) is 41.7 Å². The fraction of sp³-hybridized carbons (Fsp3) is 0.306. The van der Waals surface area contributed by atoms with Gasteiger partial charge in [-0.3, -0.25) is 14.2 Å². The van der Waals surface area contributed by atoms with E-state index in [1.807, 2.05) is 42.5 Å². The normalized spacial score (nSPS) is 15.8. The van der Waals surface area contributed by atoms with E-state index in [-0.39, 0.29) is 23.1 Å². The summed E-state index contributed by atoms with van der Waals surface area (Å²) in [6.45, 7) is 4.95. The Morgan fingerprint density at radius 3 is 2.53 bits per heavy atom. The van der Waals surface area contributed by atoms with E-state index >= 15 is 0 Å². The van der Waals surface area contributed by atoms with Crippen LogP contribution < -0.4 is 21.3 Å². The van der Waals surface area contributed by atoms with E-state index in [0.29, 0.717) is 41.4 Å². The lowest BCUT2D eigenvalue weighted by atomic mass is 9.91. The number of anilines is 3. The van der Waals surface area contributed by atoms with Crippen LogP contribution in [0.4, 0.5) is 17.2 Å². The number of fused-ring (bicyclic) bond motifs is 1. The van der Waals surface area contributed by atoms with Crippen molar-refractivity contribution in [1.29, 1.82) is 0 Å². The van der Waals surface area contributed by atoms with Crippen LogP contribution in [0.25, 0.3) is 27.6 Å². The number of aliphatic hydroxyl groups is 1. The lowest BCUT2D eigenvalue weighted by Gasteiger charge is -2.28. The molecule has 2 N–H and O–H groups in total. The number of pyridine rings is 3. The van der Waals surface area contributed by atoms with Gasteiger partial charge in [-0.25, -0.2) is 4.98 Å². The van der Waals surface area contributed by atoms with Crippen LogP contribution in [0.5, 0.6) is 0 Å². The SMILES string of the molecule is CCC1(c2ccc3c(=O)n(-c4cccc(-c5cc(Nc6ccc(N7CCOCC7)cn6)c(=O)n(C)c5)c4CO)ccc3c2)CC1. The van der Waals surface area contributed by atoms with Gasteiger partial charge < -0.3 is 24.6 Å². The number of aryl methyl sites for hydroxylation is 1. The molecule has 5 aromatic rings. The van der Waals surface area contributed by atoms with Gasteiger partial charge in [0.25, 0.3) is 11.1 Å². The second-order valence-electron chi connectivity index (χ2n) is 12.1. The Morgan fingerprint density at radius 2 is 1.82 bits per heavy atom. The van der Waals surface area contributed by atoms with E-state index in [1.54, 1.807) is 36.3 Å². The number of ether oxygens (including phenoxy) is 1. The van der Waals surface area contributed by atoms with E-state index in [4.69, 9.17) is 4.74 Å². The Kier molecular flexibility index (Phi) is 7.51. The van der Waals surface area contributed by atoms with Gasteiger partial charge in [-0.2, -0.15) is 0 Å². The largest absolute Gasteiger partial charge is 0.392 e. The van der Waals surface area contributed by atoms with Crippen LogP contribution in [-0.2, 0) is 23.8 Å². The molecule has 0 radical (unpaired) electrons. The minimum Gasteiger partial charge on any atom is -0.392 e. The predicted molar refractivity (Wildman–Crippen MR) is 178 cm³/mol. The number of rotatable bonds is 8. The lowest BCUT2D eigenvalue weighted by molar-refractivity contribution is 0.122. The third-order valence-electron chi connectivity index (χ3n) is 9.50. The molecule has 0 atom stereocenters. The molecule has 0 spiro atoms. The van der Waals surface area contributed by atoms with Crippen LogP contribution in [0.15, 0.2) is 88.8 Å². The minimum atomic E-state index is -0.288. The molecule has 7 rings (SSSR count). The van der Waals surface area contributed by atoms with E-state index in [9.17, 15) is 14.7 Å². The maximum absolute atomic E-state index is 13.8. The van der Waals surface area contributed by atoms with Crippen LogP contribution in [0.2, 0.25) is 0 Å². The molecule has 1 saturated carbocycles. The van der Waals surface area contributed by atoms with Gasteiger partial charge in [0, 0.05) is 49.0 Å². The van der Waals surface area contributed by atoms with Crippen molar-refractivity contribution in [2.75, 3.05) is 36.5 Å². The van der Waals surface area contributed by atoms with Crippen LogP contribution in [0, 0.1) is 0 Å². The fourth-order valence-electron chi connectivity index (χ4n) is 6.56. The summed E-state index contributed by atoms with van der Waals surface area (Å²) in [5, 5.41) is 15.4. The van der Waals surface area contributed by atoms with E-state index in [2.05, 4.69) is 34.3 Å². The van der Waals surface area contributed by atoms with Crippen LogP contribution in [0.1, 0.15) is 37.3 Å². The van der Waals surface area contributed by atoms with Crippen molar-refractivity contribution >= 4 is 28.0 Å². The summed E-state index contributed by atoms with van der Waals surface area (Å²) in [7, 11) is 1.70. The molecule has 2 fully saturated rings. The Hall–Kier alpha value is -4.73. The van der Waals surface area contributed by atoms with Crippen LogP contribution >= 0.6 is 0 Å². The summed E-state index contributed by atoms with van der Waals surface area (Å²) < 4.78 is 8.56. The zero-order valence-corrected chi connectivity index (χ0v) is 25.6. The highest BCUT2D eigenvalue weighted by atomic mass is 16.5. The van der Waals surface area contributed by atoms with Crippen molar-refractivity contribution in [1.82, 2.24) is 14.1 Å². The van der Waals surface area contributed by atoms with Crippen molar-refractivity contribution in [2.45, 2.75) is 38.2 Å². The van der Waals surface area contributed by atoms with E-state index < -0.39 is 0 Å². The van der Waals surface area contributed by atoms with Crippen LogP contribution in [-0.4, -0.2) is 45.5 Å². The average Bonchev–Trinajstić information content (AvgIpc) is 3.89. The maximum atomic E-state index is 13.8. The number of hydrogen-bond acceptors (Lipinski definition) is 7. The van der Waals surface area contributed by atoms with Gasteiger partial charge in [0.2, 0.25) is 0 Å². The molecular weight excluding hydrogens is 566 g/mol. The van der Waals surface area contributed by atoms with Gasteiger partial charge >= 0.3 is 0 Å². The molecule has 3 aromatic heterocycles. The van der Waals surface area contributed by atoms with Gasteiger partial charge in [-0.15, -0.1) is 0 Å². The summed E-state index contributed by atoms with van der Waals surface area (Å²) in [6, 6.07) is 19.4. The summed E-state index contributed by atoms with van der Waals surface area (Å²) in [6.07, 6.45) is 8.82. The molecule has 1 saturated heterocycles. The Bertz CT molecular complexity index is 2000. The number of benzene rings is 2. The van der Waals surface area contributed by atoms with Gasteiger partial charge in [0.15, 0.2) is 0 Å². The number of aliphatic hydroxyl groups excluding tert-OH is 1. The molecule has 0 amide bonds. The van der Waals surface area contributed by atoms with Crippen molar-refractivity contribution in [3.05, 3.63) is 111 Å². The molecule has 4 heterocycles. The minimum absolute atomic E-state index is 0.137. The number of nitrogens with one attached hydrogen (secondary N) is 1. The summed E-state index contributed by atoms with van der Waals surface area (Å²) in [4.78, 5) is 33.7. The van der Waals surface area contributed by atoms with E-state index in [1.165, 1.54) is 23.0 Å². The molecule has 230 valence electrons. The first-order valence-electron chi connectivity index (χ1n) is 15.6. The van der Waals surface area contributed by atoms with Crippen LogP contribution in [0.3, 0.4) is 0 Å². The predicted octanol–water partition coefficient (Wildman–Crippen LogP) is 5.27. The molecule has 1 aliphatic carbocycles. The lowest BCUT2D eigenvalue weighted by Crippen LogP contribution is -2.36. The first-order valence-corrected chi connectivity index (χ1v) is 15.6. The fourth-order valence-corrected chi connectivity index (χ4v) is 6.56. The number of hydrogen-bond donors (Lipinski definition) is 2. The zero-order valence-electron chi connectivity index (χ0n) is 25.6. The Morgan fingerprint density at radius 1 is 1.00 bits per heavy atom. The monoisotopic (exact) mass is 603 g/mol. The number of nitrogens with zero attached hydrogens (tertiary/aromatic N) is 4. The molecule has 2 aliphatic rings.